The molecule has 1 fully saturated rings. The molecule has 4 heteroatoms. The van der Waals surface area contributed by atoms with E-state index in [2.05, 4.69) is 18.8 Å². The third kappa shape index (κ3) is 2.88. The average Bonchev–Trinajstić information content (AvgIpc) is 2.17. The van der Waals surface area contributed by atoms with Crippen LogP contribution in [0.2, 0.25) is 0 Å². The van der Waals surface area contributed by atoms with Gasteiger partial charge in [-0.25, -0.2) is 0 Å². The summed E-state index contributed by atoms with van der Waals surface area (Å²) < 4.78 is 5.83. The van der Waals surface area contributed by atoms with Crippen molar-refractivity contribution in [2.24, 2.45) is 22.6 Å². The molecule has 15 heavy (non-hydrogen) atoms. The first kappa shape index (κ1) is 11.3. The lowest BCUT2D eigenvalue weighted by molar-refractivity contribution is -0.0259. The smallest absolute Gasteiger partial charge is 0.154 e. The number of rotatable bonds is 2. The Hall–Kier alpha value is -0.220. The molecular formula is C11H20N2OS. The van der Waals surface area contributed by atoms with Crippen molar-refractivity contribution in [3.8, 4) is 0 Å². The normalized spacial score (nSPS) is 36.2. The fourth-order valence-corrected chi connectivity index (χ4v) is 3.29. The Labute approximate surface area is 95.8 Å². The zero-order chi connectivity index (χ0) is 10.8. The van der Waals surface area contributed by atoms with Gasteiger partial charge in [0.2, 0.25) is 0 Å². The summed E-state index contributed by atoms with van der Waals surface area (Å²) in [5.74, 6) is 2.52. The summed E-state index contributed by atoms with van der Waals surface area (Å²) in [4.78, 5) is 4.45. The maximum atomic E-state index is 5.83. The number of amidine groups is 1. The summed E-state index contributed by atoms with van der Waals surface area (Å²) in [5, 5.41) is 0.738. The first-order valence-corrected chi connectivity index (χ1v) is 6.71. The average molecular weight is 228 g/mol. The van der Waals surface area contributed by atoms with Gasteiger partial charge in [0.15, 0.2) is 5.17 Å². The highest BCUT2D eigenvalue weighted by atomic mass is 32.2. The second-order valence-corrected chi connectivity index (χ2v) is 5.97. The molecule has 1 saturated heterocycles. The number of nitrogens with zero attached hydrogens (tertiary/aromatic N) is 1. The maximum absolute atomic E-state index is 5.83. The standard InChI is InChI=1S/C11H20N2OS/c1-7(2)3-9-4-8-6-15-11(12)13-10(8)5-14-9/h7-10H,3-6H2,1-2H3,(H2,12,13). The Balaban J connectivity index is 1.91. The van der Waals surface area contributed by atoms with Crippen molar-refractivity contribution in [2.75, 3.05) is 12.4 Å². The molecule has 0 amide bonds. The number of hydrogen-bond donors (Lipinski definition) is 1. The van der Waals surface area contributed by atoms with Crippen molar-refractivity contribution in [3.05, 3.63) is 0 Å². The number of aliphatic imine (C=N–C) groups is 1. The first-order chi connectivity index (χ1) is 7.15. The summed E-state index contributed by atoms with van der Waals surface area (Å²) in [6, 6.07) is 0.328. The number of ether oxygens (including phenoxy) is 1. The van der Waals surface area contributed by atoms with Crippen LogP contribution in [0.15, 0.2) is 4.99 Å². The molecule has 0 aromatic carbocycles. The monoisotopic (exact) mass is 228 g/mol. The van der Waals surface area contributed by atoms with Crippen LogP contribution in [0.1, 0.15) is 26.7 Å². The van der Waals surface area contributed by atoms with Gasteiger partial charge in [-0.3, -0.25) is 4.99 Å². The Morgan fingerprint density at radius 2 is 2.40 bits per heavy atom. The minimum atomic E-state index is 0.328. The van der Waals surface area contributed by atoms with E-state index in [1.807, 2.05) is 0 Å². The van der Waals surface area contributed by atoms with E-state index in [1.165, 1.54) is 6.42 Å². The Kier molecular flexibility index (Phi) is 3.57. The van der Waals surface area contributed by atoms with Crippen molar-refractivity contribution < 1.29 is 4.74 Å². The van der Waals surface area contributed by atoms with E-state index in [4.69, 9.17) is 10.5 Å². The second-order valence-electron chi connectivity index (χ2n) is 4.93. The molecule has 0 aromatic heterocycles. The van der Waals surface area contributed by atoms with Gasteiger partial charge in [0.05, 0.1) is 18.8 Å². The minimum absolute atomic E-state index is 0.328. The quantitative estimate of drug-likeness (QED) is 0.785. The zero-order valence-electron chi connectivity index (χ0n) is 9.48. The highest BCUT2D eigenvalue weighted by Gasteiger charge is 2.33. The van der Waals surface area contributed by atoms with E-state index in [0.29, 0.717) is 18.1 Å². The van der Waals surface area contributed by atoms with E-state index >= 15 is 0 Å². The van der Waals surface area contributed by atoms with Gasteiger partial charge in [-0.1, -0.05) is 25.6 Å². The number of fused-ring (bicyclic) bond motifs is 1. The van der Waals surface area contributed by atoms with Gasteiger partial charge < -0.3 is 10.5 Å². The second kappa shape index (κ2) is 4.74. The molecule has 2 N–H and O–H groups in total. The predicted molar refractivity (Wildman–Crippen MR) is 65.2 cm³/mol. The molecule has 0 spiro atoms. The Morgan fingerprint density at radius 1 is 1.60 bits per heavy atom. The number of thioether (sulfide) groups is 1. The molecule has 0 aliphatic carbocycles. The molecule has 2 rings (SSSR count). The molecule has 2 aliphatic heterocycles. The lowest BCUT2D eigenvalue weighted by Gasteiger charge is -2.37. The van der Waals surface area contributed by atoms with Crippen LogP contribution in [0.3, 0.4) is 0 Å². The van der Waals surface area contributed by atoms with Crippen molar-refractivity contribution >= 4 is 16.9 Å². The number of nitrogens with two attached hydrogens (primary N) is 1. The largest absolute Gasteiger partial charge is 0.379 e. The molecule has 3 atom stereocenters. The summed E-state index contributed by atoms with van der Waals surface area (Å²) in [6.07, 6.45) is 2.78. The van der Waals surface area contributed by atoms with Crippen LogP contribution in [0, 0.1) is 11.8 Å². The van der Waals surface area contributed by atoms with Gasteiger partial charge in [0.25, 0.3) is 0 Å². The van der Waals surface area contributed by atoms with E-state index in [9.17, 15) is 0 Å². The fourth-order valence-electron chi connectivity index (χ4n) is 2.34. The summed E-state index contributed by atoms with van der Waals surface area (Å²) in [6.45, 7) is 5.27. The molecule has 2 heterocycles. The van der Waals surface area contributed by atoms with E-state index in [-0.39, 0.29) is 0 Å². The predicted octanol–water partition coefficient (Wildman–Crippen LogP) is 1.87. The van der Waals surface area contributed by atoms with Crippen LogP contribution in [-0.2, 0) is 4.74 Å². The summed E-state index contributed by atoms with van der Waals surface area (Å²) in [7, 11) is 0. The van der Waals surface area contributed by atoms with Crippen LogP contribution in [0.5, 0.6) is 0 Å². The van der Waals surface area contributed by atoms with Gasteiger partial charge in [-0.05, 0) is 24.7 Å². The third-order valence-corrected chi connectivity index (χ3v) is 4.08. The van der Waals surface area contributed by atoms with Crippen LogP contribution < -0.4 is 5.73 Å². The van der Waals surface area contributed by atoms with Crippen molar-refractivity contribution in [1.82, 2.24) is 0 Å². The zero-order valence-corrected chi connectivity index (χ0v) is 10.3. The lowest BCUT2D eigenvalue weighted by atomic mass is 9.89. The van der Waals surface area contributed by atoms with E-state index < -0.39 is 0 Å². The van der Waals surface area contributed by atoms with Gasteiger partial charge in [0, 0.05) is 5.75 Å². The SMILES string of the molecule is CC(C)CC1CC2CSC(N)=NC2CO1. The van der Waals surface area contributed by atoms with Gasteiger partial charge in [-0.2, -0.15) is 0 Å². The molecule has 86 valence electrons. The minimum Gasteiger partial charge on any atom is -0.379 e. The van der Waals surface area contributed by atoms with Gasteiger partial charge in [-0.15, -0.1) is 0 Å². The lowest BCUT2D eigenvalue weighted by Crippen LogP contribution is -2.41. The van der Waals surface area contributed by atoms with E-state index in [0.717, 1.165) is 29.9 Å². The third-order valence-electron chi connectivity index (χ3n) is 3.09. The van der Waals surface area contributed by atoms with Crippen molar-refractivity contribution in [3.63, 3.8) is 0 Å². The Bertz CT molecular complexity index is 255. The highest BCUT2D eigenvalue weighted by Crippen LogP contribution is 2.32. The topological polar surface area (TPSA) is 47.6 Å². The molecule has 0 saturated carbocycles. The highest BCUT2D eigenvalue weighted by molar-refractivity contribution is 8.13. The Morgan fingerprint density at radius 3 is 3.13 bits per heavy atom. The molecule has 3 unspecified atom stereocenters. The molecule has 0 aromatic rings. The van der Waals surface area contributed by atoms with E-state index in [1.54, 1.807) is 11.8 Å². The molecule has 3 nitrogen and oxygen atoms in total. The molecule has 0 radical (unpaired) electrons. The van der Waals surface area contributed by atoms with Crippen LogP contribution in [0.4, 0.5) is 0 Å². The molecule has 0 bridgehead atoms. The molecular weight excluding hydrogens is 208 g/mol. The summed E-state index contributed by atoms with van der Waals surface area (Å²) >= 11 is 1.70. The summed E-state index contributed by atoms with van der Waals surface area (Å²) in [5.41, 5.74) is 5.71. The fraction of sp³-hybridized carbons (Fsp3) is 0.909. The number of hydrogen-bond acceptors (Lipinski definition) is 4. The van der Waals surface area contributed by atoms with Crippen molar-refractivity contribution in [1.29, 1.82) is 0 Å². The maximum Gasteiger partial charge on any atom is 0.154 e. The van der Waals surface area contributed by atoms with Crippen LogP contribution in [0.25, 0.3) is 0 Å². The van der Waals surface area contributed by atoms with Gasteiger partial charge in [0.1, 0.15) is 0 Å². The van der Waals surface area contributed by atoms with Crippen LogP contribution in [-0.4, -0.2) is 29.7 Å². The van der Waals surface area contributed by atoms with Gasteiger partial charge >= 0.3 is 0 Å². The molecule has 2 aliphatic rings. The van der Waals surface area contributed by atoms with Crippen molar-refractivity contribution in [2.45, 2.75) is 38.8 Å². The van der Waals surface area contributed by atoms with Crippen LogP contribution >= 0.6 is 11.8 Å². The first-order valence-electron chi connectivity index (χ1n) is 5.73.